The number of amides is 1. The van der Waals surface area contributed by atoms with E-state index in [4.69, 9.17) is 5.11 Å². The number of pyridine rings is 1. The van der Waals surface area contributed by atoms with E-state index in [1.807, 2.05) is 0 Å². The first kappa shape index (κ1) is 14.3. The molecule has 0 aliphatic heterocycles. The van der Waals surface area contributed by atoms with Gasteiger partial charge in [-0.25, -0.2) is 0 Å². The van der Waals surface area contributed by atoms with Crippen LogP contribution in [-0.4, -0.2) is 32.2 Å². The van der Waals surface area contributed by atoms with Crippen LogP contribution < -0.4 is 5.32 Å². The van der Waals surface area contributed by atoms with E-state index < -0.39 is 11.9 Å². The molecule has 0 saturated carbocycles. The maximum Gasteiger partial charge on any atom is 0.309 e. The van der Waals surface area contributed by atoms with Crippen LogP contribution in [0.25, 0.3) is 0 Å². The molecule has 1 amide bonds. The maximum atomic E-state index is 12.0. The Bertz CT molecular complexity index is 662. The fourth-order valence-electron chi connectivity index (χ4n) is 1.71. The molecule has 2 aromatic rings. The number of nitrogens with zero attached hydrogens (tertiary/aromatic N) is 1. The lowest BCUT2D eigenvalue weighted by atomic mass is 10.1. The average molecular weight is 288 g/mol. The summed E-state index contributed by atoms with van der Waals surface area (Å²) >= 11 is 0. The van der Waals surface area contributed by atoms with Crippen molar-refractivity contribution in [3.8, 4) is 11.5 Å². The molecule has 4 N–H and O–H groups in total. The summed E-state index contributed by atoms with van der Waals surface area (Å²) in [4.78, 5) is 26.4. The lowest BCUT2D eigenvalue weighted by Gasteiger charge is -2.08. The summed E-state index contributed by atoms with van der Waals surface area (Å²) in [5.74, 6) is -2.39. The third-order valence-corrected chi connectivity index (χ3v) is 2.66. The van der Waals surface area contributed by atoms with Gasteiger partial charge in [-0.05, 0) is 24.3 Å². The van der Waals surface area contributed by atoms with Crippen LogP contribution >= 0.6 is 0 Å². The molecule has 0 bridgehead atoms. The van der Waals surface area contributed by atoms with Crippen LogP contribution in [0.3, 0.4) is 0 Å². The summed E-state index contributed by atoms with van der Waals surface area (Å²) in [5, 5.41) is 30.2. The number of carboxylic acids is 1. The second-order valence-electron chi connectivity index (χ2n) is 4.23. The van der Waals surface area contributed by atoms with E-state index in [1.165, 1.54) is 36.5 Å². The number of hydrogen-bond donors (Lipinski definition) is 4. The van der Waals surface area contributed by atoms with E-state index in [0.717, 1.165) is 0 Å². The summed E-state index contributed by atoms with van der Waals surface area (Å²) < 4.78 is 0. The van der Waals surface area contributed by atoms with Gasteiger partial charge in [0.25, 0.3) is 5.91 Å². The smallest absolute Gasteiger partial charge is 0.309 e. The first-order chi connectivity index (χ1) is 9.97. The number of benzene rings is 1. The fraction of sp³-hybridized carbons (Fsp3) is 0.0714. The number of anilines is 1. The fourth-order valence-corrected chi connectivity index (χ4v) is 1.71. The highest BCUT2D eigenvalue weighted by molar-refractivity contribution is 6.07. The molecule has 0 spiro atoms. The average Bonchev–Trinajstić information content (AvgIpc) is 2.40. The largest absolute Gasteiger partial charge is 0.507 e. The number of hydrogen-bond acceptors (Lipinski definition) is 5. The zero-order valence-electron chi connectivity index (χ0n) is 10.8. The van der Waals surface area contributed by atoms with Gasteiger partial charge in [0.05, 0.1) is 24.0 Å². The Balaban J connectivity index is 2.14. The van der Waals surface area contributed by atoms with Gasteiger partial charge in [-0.3, -0.25) is 14.6 Å². The molecule has 2 rings (SSSR count). The molecule has 0 radical (unpaired) electrons. The topological polar surface area (TPSA) is 120 Å². The van der Waals surface area contributed by atoms with Crippen LogP contribution in [0.4, 0.5) is 5.69 Å². The maximum absolute atomic E-state index is 12.0. The van der Waals surface area contributed by atoms with Crippen molar-refractivity contribution in [3.63, 3.8) is 0 Å². The third-order valence-electron chi connectivity index (χ3n) is 2.66. The SMILES string of the molecule is O=C(O)Cc1ccc(NC(=O)c2c(O)cccc2O)cn1. The number of rotatable bonds is 4. The van der Waals surface area contributed by atoms with E-state index in [9.17, 15) is 19.8 Å². The van der Waals surface area contributed by atoms with Crippen molar-refractivity contribution in [1.29, 1.82) is 0 Å². The van der Waals surface area contributed by atoms with Gasteiger partial charge in [-0.1, -0.05) is 6.07 Å². The first-order valence-electron chi connectivity index (χ1n) is 5.96. The lowest BCUT2D eigenvalue weighted by molar-refractivity contribution is -0.136. The van der Waals surface area contributed by atoms with Gasteiger partial charge in [-0.15, -0.1) is 0 Å². The summed E-state index contributed by atoms with van der Waals surface area (Å²) in [5.41, 5.74) is 0.426. The van der Waals surface area contributed by atoms with Gasteiger partial charge < -0.3 is 20.6 Å². The van der Waals surface area contributed by atoms with Crippen molar-refractivity contribution in [2.45, 2.75) is 6.42 Å². The predicted octanol–water partition coefficient (Wildman–Crippen LogP) is 1.37. The number of aromatic hydroxyl groups is 2. The van der Waals surface area contributed by atoms with Crippen LogP contribution in [0.1, 0.15) is 16.1 Å². The Morgan fingerprint density at radius 2 is 1.76 bits per heavy atom. The Hall–Kier alpha value is -3.09. The number of nitrogens with one attached hydrogen (secondary N) is 1. The number of carbonyl (C=O) groups excluding carboxylic acids is 1. The minimum absolute atomic E-state index is 0.214. The van der Waals surface area contributed by atoms with Gasteiger partial charge in [0.15, 0.2) is 0 Å². The molecule has 21 heavy (non-hydrogen) atoms. The van der Waals surface area contributed by atoms with Crippen LogP contribution in [0.2, 0.25) is 0 Å². The Kier molecular flexibility index (Phi) is 4.03. The molecule has 1 aromatic heterocycles. The van der Waals surface area contributed by atoms with Crippen LogP contribution in [0.15, 0.2) is 36.5 Å². The molecule has 7 nitrogen and oxygen atoms in total. The van der Waals surface area contributed by atoms with Crippen LogP contribution in [0, 0.1) is 0 Å². The number of phenolic OH excluding ortho intramolecular Hbond substituents is 2. The minimum atomic E-state index is -1.00. The molecular formula is C14H12N2O5. The first-order valence-corrected chi connectivity index (χ1v) is 5.96. The van der Waals surface area contributed by atoms with Crippen molar-refractivity contribution in [2.75, 3.05) is 5.32 Å². The molecule has 1 heterocycles. The van der Waals surface area contributed by atoms with E-state index in [-0.39, 0.29) is 23.5 Å². The van der Waals surface area contributed by atoms with E-state index in [2.05, 4.69) is 10.3 Å². The van der Waals surface area contributed by atoms with Gasteiger partial charge in [0.2, 0.25) is 0 Å². The number of aliphatic carboxylic acids is 1. The highest BCUT2D eigenvalue weighted by Crippen LogP contribution is 2.27. The van der Waals surface area contributed by atoms with Gasteiger partial charge in [0.1, 0.15) is 17.1 Å². The molecule has 108 valence electrons. The zero-order valence-corrected chi connectivity index (χ0v) is 10.8. The van der Waals surface area contributed by atoms with E-state index in [1.54, 1.807) is 0 Å². The lowest BCUT2D eigenvalue weighted by Crippen LogP contribution is -2.13. The van der Waals surface area contributed by atoms with Gasteiger partial charge in [-0.2, -0.15) is 0 Å². The molecule has 0 aliphatic carbocycles. The highest BCUT2D eigenvalue weighted by atomic mass is 16.4. The molecule has 7 heteroatoms. The minimum Gasteiger partial charge on any atom is -0.507 e. The summed E-state index contributed by atoms with van der Waals surface area (Å²) in [6, 6.07) is 6.92. The second-order valence-corrected chi connectivity index (χ2v) is 4.23. The Morgan fingerprint density at radius 3 is 2.29 bits per heavy atom. The molecular weight excluding hydrogens is 276 g/mol. The number of aromatic nitrogens is 1. The molecule has 0 saturated heterocycles. The number of carbonyl (C=O) groups is 2. The highest BCUT2D eigenvalue weighted by Gasteiger charge is 2.16. The van der Waals surface area contributed by atoms with Crippen molar-refractivity contribution < 1.29 is 24.9 Å². The zero-order chi connectivity index (χ0) is 15.4. The van der Waals surface area contributed by atoms with Crippen LogP contribution in [-0.2, 0) is 11.2 Å². The monoisotopic (exact) mass is 288 g/mol. The Labute approximate surface area is 119 Å². The molecule has 0 unspecified atom stereocenters. The quantitative estimate of drug-likeness (QED) is 0.674. The molecule has 1 aromatic carbocycles. The van der Waals surface area contributed by atoms with Crippen LogP contribution in [0.5, 0.6) is 11.5 Å². The summed E-state index contributed by atoms with van der Waals surface area (Å²) in [7, 11) is 0. The van der Waals surface area contributed by atoms with Crippen molar-refractivity contribution in [1.82, 2.24) is 4.98 Å². The van der Waals surface area contributed by atoms with Crippen molar-refractivity contribution in [3.05, 3.63) is 47.8 Å². The Morgan fingerprint density at radius 1 is 1.10 bits per heavy atom. The standard InChI is InChI=1S/C14H12N2O5/c17-10-2-1-3-11(18)13(10)14(21)16-9-5-4-8(15-7-9)6-12(19)20/h1-5,7,17-18H,6H2,(H,16,21)(H,19,20). The van der Waals surface area contributed by atoms with Gasteiger partial charge >= 0.3 is 5.97 Å². The number of carboxylic acid groups (broad SMARTS) is 1. The second kappa shape index (κ2) is 5.91. The van der Waals surface area contributed by atoms with Crippen molar-refractivity contribution >= 4 is 17.6 Å². The normalized spacial score (nSPS) is 10.1. The number of phenols is 2. The third kappa shape index (κ3) is 3.47. The molecule has 0 fully saturated rings. The molecule has 0 atom stereocenters. The summed E-state index contributed by atoms with van der Waals surface area (Å²) in [6.45, 7) is 0. The molecule has 0 aliphatic rings. The summed E-state index contributed by atoms with van der Waals surface area (Å²) in [6.07, 6.45) is 1.09. The van der Waals surface area contributed by atoms with E-state index in [0.29, 0.717) is 11.4 Å². The van der Waals surface area contributed by atoms with Gasteiger partial charge in [0, 0.05) is 0 Å². The van der Waals surface area contributed by atoms with Crippen molar-refractivity contribution in [2.24, 2.45) is 0 Å². The predicted molar refractivity (Wildman–Crippen MR) is 73.3 cm³/mol. The van der Waals surface area contributed by atoms with E-state index >= 15 is 0 Å².